The van der Waals surface area contributed by atoms with E-state index in [0.717, 1.165) is 0 Å². The van der Waals surface area contributed by atoms with Gasteiger partial charge in [-0.15, -0.1) is 0 Å². The van der Waals surface area contributed by atoms with E-state index in [-0.39, 0.29) is 0 Å². The first kappa shape index (κ1) is 13.2. The minimum atomic E-state index is 0.313. The first-order valence-corrected chi connectivity index (χ1v) is 5.64. The molecule has 0 spiro atoms. The molecular formula is C10H15N7O2. The van der Waals surface area contributed by atoms with Crippen LogP contribution in [0.25, 0.3) is 0 Å². The maximum absolute atomic E-state index is 5.35. The summed E-state index contributed by atoms with van der Waals surface area (Å²) in [6, 6.07) is 1.70. The van der Waals surface area contributed by atoms with Gasteiger partial charge in [-0.2, -0.15) is 4.98 Å². The second-order valence-corrected chi connectivity index (χ2v) is 3.64. The number of nitrogens with two attached hydrogens (primary N) is 1. The number of rotatable bonds is 7. The molecule has 0 atom stereocenters. The highest BCUT2D eigenvalue weighted by molar-refractivity contribution is 5.46. The van der Waals surface area contributed by atoms with Crippen molar-refractivity contribution in [3.8, 4) is 0 Å². The molecule has 2 aromatic heterocycles. The third kappa shape index (κ3) is 3.86. The van der Waals surface area contributed by atoms with Gasteiger partial charge in [0.1, 0.15) is 18.2 Å². The molecule has 102 valence electrons. The van der Waals surface area contributed by atoms with Crippen LogP contribution >= 0.6 is 0 Å². The first-order valence-electron chi connectivity index (χ1n) is 5.64. The van der Waals surface area contributed by atoms with Crippen molar-refractivity contribution in [1.29, 1.82) is 0 Å². The molecule has 0 bridgehead atoms. The summed E-state index contributed by atoms with van der Waals surface area (Å²) in [5.74, 6) is 7.62. The number of aromatic nitrogens is 4. The molecule has 2 rings (SSSR count). The standard InChI is InChI=1S/C10H15N7O2/c1-18-5-9-15-7(4-8(16-9)17-11)12-3-2-10-13-6-14-19-10/h4,6H,2-3,5,11H2,1H3,(H2,12,15,16,17). The SMILES string of the molecule is COCc1nc(NN)cc(NCCc2ncno2)n1. The summed E-state index contributed by atoms with van der Waals surface area (Å²) in [5, 5.41) is 6.66. The van der Waals surface area contributed by atoms with E-state index in [2.05, 4.69) is 30.9 Å². The average molecular weight is 265 g/mol. The van der Waals surface area contributed by atoms with Gasteiger partial charge < -0.3 is 20.0 Å². The highest BCUT2D eigenvalue weighted by atomic mass is 16.5. The fourth-order valence-electron chi connectivity index (χ4n) is 1.46. The Morgan fingerprint density at radius 1 is 1.37 bits per heavy atom. The van der Waals surface area contributed by atoms with Crippen molar-refractivity contribution < 1.29 is 9.26 Å². The van der Waals surface area contributed by atoms with E-state index in [4.69, 9.17) is 15.1 Å². The third-order valence-electron chi connectivity index (χ3n) is 2.25. The number of methoxy groups -OCH3 is 1. The van der Waals surface area contributed by atoms with E-state index in [1.165, 1.54) is 6.33 Å². The second-order valence-electron chi connectivity index (χ2n) is 3.64. The highest BCUT2D eigenvalue weighted by Gasteiger charge is 2.04. The molecule has 0 amide bonds. The van der Waals surface area contributed by atoms with Crippen LogP contribution in [0.3, 0.4) is 0 Å². The lowest BCUT2D eigenvalue weighted by molar-refractivity contribution is 0.178. The number of ether oxygens (including phenoxy) is 1. The molecule has 2 heterocycles. The molecule has 0 radical (unpaired) electrons. The lowest BCUT2D eigenvalue weighted by Crippen LogP contribution is -2.13. The van der Waals surface area contributed by atoms with Gasteiger partial charge in [-0.1, -0.05) is 5.16 Å². The molecule has 0 fully saturated rings. The number of hydrogen-bond acceptors (Lipinski definition) is 9. The number of anilines is 2. The normalized spacial score (nSPS) is 10.4. The van der Waals surface area contributed by atoms with E-state index in [1.54, 1.807) is 13.2 Å². The van der Waals surface area contributed by atoms with Crippen molar-refractivity contribution in [1.82, 2.24) is 20.1 Å². The van der Waals surface area contributed by atoms with Gasteiger partial charge in [0.05, 0.1) is 0 Å². The van der Waals surface area contributed by atoms with Gasteiger partial charge in [0.2, 0.25) is 5.89 Å². The van der Waals surface area contributed by atoms with Gasteiger partial charge in [-0.3, -0.25) is 0 Å². The molecule has 0 aliphatic carbocycles. The van der Waals surface area contributed by atoms with E-state index < -0.39 is 0 Å². The number of nitrogen functional groups attached to an aromatic ring is 1. The van der Waals surface area contributed by atoms with Gasteiger partial charge in [-0.25, -0.2) is 15.8 Å². The minimum absolute atomic E-state index is 0.313. The summed E-state index contributed by atoms with van der Waals surface area (Å²) < 4.78 is 9.88. The lowest BCUT2D eigenvalue weighted by atomic mass is 10.4. The van der Waals surface area contributed by atoms with Gasteiger partial charge in [-0.05, 0) is 0 Å². The van der Waals surface area contributed by atoms with Crippen molar-refractivity contribution in [2.45, 2.75) is 13.0 Å². The quantitative estimate of drug-likeness (QED) is 0.466. The molecule has 9 heteroatoms. The van der Waals surface area contributed by atoms with Gasteiger partial charge in [0, 0.05) is 26.1 Å². The van der Waals surface area contributed by atoms with E-state index in [1.807, 2.05) is 0 Å². The van der Waals surface area contributed by atoms with E-state index in [0.29, 0.717) is 42.9 Å². The first-order chi connectivity index (χ1) is 9.31. The van der Waals surface area contributed by atoms with Gasteiger partial charge in [0.25, 0.3) is 0 Å². The van der Waals surface area contributed by atoms with Crippen LogP contribution in [0.1, 0.15) is 11.7 Å². The second kappa shape index (κ2) is 6.61. The fourth-order valence-corrected chi connectivity index (χ4v) is 1.46. The molecular weight excluding hydrogens is 250 g/mol. The van der Waals surface area contributed by atoms with Crippen LogP contribution in [0.5, 0.6) is 0 Å². The minimum Gasteiger partial charge on any atom is -0.377 e. The summed E-state index contributed by atoms with van der Waals surface area (Å²) in [6.07, 6.45) is 1.97. The summed E-state index contributed by atoms with van der Waals surface area (Å²) in [6.45, 7) is 0.920. The van der Waals surface area contributed by atoms with Crippen LogP contribution in [-0.4, -0.2) is 33.8 Å². The zero-order chi connectivity index (χ0) is 13.5. The van der Waals surface area contributed by atoms with Crippen LogP contribution in [0.15, 0.2) is 16.9 Å². The topological polar surface area (TPSA) is 124 Å². The molecule has 0 aliphatic heterocycles. The van der Waals surface area contributed by atoms with E-state index in [9.17, 15) is 0 Å². The molecule has 0 unspecified atom stereocenters. The predicted octanol–water partition coefficient (Wildman–Crippen LogP) is -0.0538. The maximum Gasteiger partial charge on any atom is 0.228 e. The van der Waals surface area contributed by atoms with Crippen LogP contribution < -0.4 is 16.6 Å². The largest absolute Gasteiger partial charge is 0.377 e. The summed E-state index contributed by atoms with van der Waals surface area (Å²) in [5.41, 5.74) is 2.48. The number of nitrogens with zero attached hydrogens (tertiary/aromatic N) is 4. The Balaban J connectivity index is 1.96. The summed E-state index contributed by atoms with van der Waals surface area (Å²) in [4.78, 5) is 12.4. The molecule has 0 aromatic carbocycles. The number of hydrazine groups is 1. The summed E-state index contributed by atoms with van der Waals surface area (Å²) in [7, 11) is 1.58. The average Bonchev–Trinajstić information content (AvgIpc) is 2.92. The number of nitrogens with one attached hydrogen (secondary N) is 2. The Bertz CT molecular complexity index is 503. The molecule has 0 aliphatic rings. The van der Waals surface area contributed by atoms with Crippen molar-refractivity contribution >= 4 is 11.6 Å². The molecule has 19 heavy (non-hydrogen) atoms. The van der Waals surface area contributed by atoms with Crippen molar-refractivity contribution in [2.75, 3.05) is 24.4 Å². The van der Waals surface area contributed by atoms with E-state index >= 15 is 0 Å². The highest BCUT2D eigenvalue weighted by Crippen LogP contribution is 2.11. The Morgan fingerprint density at radius 2 is 2.21 bits per heavy atom. The molecule has 4 N–H and O–H groups in total. The Labute approximate surface area is 109 Å². The zero-order valence-electron chi connectivity index (χ0n) is 10.5. The zero-order valence-corrected chi connectivity index (χ0v) is 10.5. The summed E-state index contributed by atoms with van der Waals surface area (Å²) >= 11 is 0. The van der Waals surface area contributed by atoms with Crippen LogP contribution in [0.2, 0.25) is 0 Å². The predicted molar refractivity (Wildman–Crippen MR) is 67.0 cm³/mol. The molecule has 2 aromatic rings. The van der Waals surface area contributed by atoms with Gasteiger partial charge in [0.15, 0.2) is 12.2 Å². The van der Waals surface area contributed by atoms with Crippen molar-refractivity contribution in [2.24, 2.45) is 5.84 Å². The van der Waals surface area contributed by atoms with Crippen molar-refractivity contribution in [3.63, 3.8) is 0 Å². The monoisotopic (exact) mass is 265 g/mol. The number of hydrogen-bond donors (Lipinski definition) is 3. The van der Waals surface area contributed by atoms with Crippen LogP contribution in [0, 0.1) is 0 Å². The van der Waals surface area contributed by atoms with Crippen molar-refractivity contribution in [3.05, 3.63) is 24.1 Å². The Kier molecular flexibility index (Phi) is 4.59. The Morgan fingerprint density at radius 3 is 2.89 bits per heavy atom. The van der Waals surface area contributed by atoms with Gasteiger partial charge >= 0.3 is 0 Å². The van der Waals surface area contributed by atoms with Crippen LogP contribution in [-0.2, 0) is 17.8 Å². The Hall–Kier alpha value is -2.26. The fraction of sp³-hybridized carbons (Fsp3) is 0.400. The molecule has 0 saturated carbocycles. The maximum atomic E-state index is 5.35. The molecule has 9 nitrogen and oxygen atoms in total. The lowest BCUT2D eigenvalue weighted by Gasteiger charge is -2.08. The molecule has 0 saturated heterocycles. The van der Waals surface area contributed by atoms with Crippen LogP contribution in [0.4, 0.5) is 11.6 Å². The smallest absolute Gasteiger partial charge is 0.228 e. The third-order valence-corrected chi connectivity index (χ3v) is 2.25.